The van der Waals surface area contributed by atoms with E-state index < -0.39 is 0 Å². The van der Waals surface area contributed by atoms with Crippen molar-refractivity contribution in [2.75, 3.05) is 52.9 Å². The summed E-state index contributed by atoms with van der Waals surface area (Å²) in [4.78, 5) is 20.0. The van der Waals surface area contributed by atoms with Crippen LogP contribution in [-0.2, 0) is 11.3 Å². The van der Waals surface area contributed by atoms with E-state index in [-0.39, 0.29) is 29.9 Å². The first-order valence-corrected chi connectivity index (χ1v) is 9.68. The van der Waals surface area contributed by atoms with Gasteiger partial charge in [0, 0.05) is 65.3 Å². The summed E-state index contributed by atoms with van der Waals surface area (Å²) in [6.45, 7) is 12.2. The Morgan fingerprint density at radius 1 is 1.21 bits per heavy atom. The van der Waals surface area contributed by atoms with E-state index >= 15 is 0 Å². The van der Waals surface area contributed by atoms with Crippen LogP contribution in [0.2, 0.25) is 0 Å². The molecule has 28 heavy (non-hydrogen) atoms. The summed E-state index contributed by atoms with van der Waals surface area (Å²) in [5, 5.41) is 6.71. The molecule has 1 heterocycles. The smallest absolute Gasteiger partial charge is 0.219 e. The molecule has 0 radical (unpaired) electrons. The second-order valence-electron chi connectivity index (χ2n) is 6.74. The van der Waals surface area contributed by atoms with E-state index in [0.29, 0.717) is 13.2 Å². The molecule has 0 bridgehead atoms. The number of carbonyl (C=O) groups excluding carboxylic acids is 1. The Labute approximate surface area is 185 Å². The van der Waals surface area contributed by atoms with Crippen LogP contribution in [0.25, 0.3) is 0 Å². The predicted octanol–water partition coefficient (Wildman–Crippen LogP) is 1.84. The fourth-order valence-electron chi connectivity index (χ4n) is 3.12. The second kappa shape index (κ2) is 12.8. The Morgan fingerprint density at radius 3 is 2.54 bits per heavy atom. The van der Waals surface area contributed by atoms with Gasteiger partial charge < -0.3 is 20.3 Å². The summed E-state index contributed by atoms with van der Waals surface area (Å²) >= 11 is 0. The van der Waals surface area contributed by atoms with Gasteiger partial charge in [-0.2, -0.15) is 0 Å². The molecule has 1 aromatic rings. The van der Waals surface area contributed by atoms with Crippen molar-refractivity contribution in [3.05, 3.63) is 29.3 Å². The number of guanidine groups is 1. The number of aryl methyl sites for hydroxylation is 1. The maximum absolute atomic E-state index is 11.4. The molecule has 0 unspecified atom stereocenters. The molecule has 8 heteroatoms. The number of aliphatic imine (C=N–C) groups is 1. The van der Waals surface area contributed by atoms with Gasteiger partial charge in [-0.1, -0.05) is 12.1 Å². The molecule has 0 aliphatic carbocycles. The molecule has 158 valence electrons. The van der Waals surface area contributed by atoms with Gasteiger partial charge in [0.15, 0.2) is 5.96 Å². The average molecular weight is 503 g/mol. The molecule has 0 spiro atoms. The molecular weight excluding hydrogens is 469 g/mol. The zero-order chi connectivity index (χ0) is 19.6. The highest BCUT2D eigenvalue weighted by atomic mass is 127. The molecule has 1 saturated heterocycles. The van der Waals surface area contributed by atoms with Gasteiger partial charge in [-0.15, -0.1) is 24.0 Å². The molecular formula is C20H34IN5O2. The maximum atomic E-state index is 11.4. The van der Waals surface area contributed by atoms with Crippen molar-refractivity contribution in [3.8, 4) is 5.75 Å². The number of hydrogen-bond acceptors (Lipinski definition) is 4. The van der Waals surface area contributed by atoms with Crippen molar-refractivity contribution in [2.24, 2.45) is 4.99 Å². The van der Waals surface area contributed by atoms with Crippen molar-refractivity contribution < 1.29 is 9.53 Å². The molecule has 1 aromatic carbocycles. The van der Waals surface area contributed by atoms with Crippen LogP contribution in [0, 0.1) is 6.92 Å². The number of halogens is 1. The maximum Gasteiger partial charge on any atom is 0.219 e. The number of piperazine rings is 1. The van der Waals surface area contributed by atoms with Gasteiger partial charge in [0.1, 0.15) is 5.75 Å². The Kier molecular flexibility index (Phi) is 11.2. The van der Waals surface area contributed by atoms with Gasteiger partial charge in [-0.3, -0.25) is 14.7 Å². The highest BCUT2D eigenvalue weighted by Crippen LogP contribution is 2.20. The highest BCUT2D eigenvalue weighted by Gasteiger charge is 2.17. The van der Waals surface area contributed by atoms with Gasteiger partial charge in [0.25, 0.3) is 0 Å². The lowest BCUT2D eigenvalue weighted by Gasteiger charge is -2.34. The fraction of sp³-hybridized carbons (Fsp3) is 0.600. The Balaban J connectivity index is 0.00000392. The molecule has 1 aliphatic rings. The number of nitrogens with one attached hydrogen (secondary N) is 2. The largest absolute Gasteiger partial charge is 0.494 e. The molecule has 1 fully saturated rings. The quantitative estimate of drug-likeness (QED) is 0.338. The van der Waals surface area contributed by atoms with E-state index in [4.69, 9.17) is 4.74 Å². The number of ether oxygens (including phenoxy) is 1. The summed E-state index contributed by atoms with van der Waals surface area (Å²) in [7, 11) is 1.78. The van der Waals surface area contributed by atoms with E-state index in [1.54, 1.807) is 14.0 Å². The van der Waals surface area contributed by atoms with E-state index in [1.807, 2.05) is 11.8 Å². The van der Waals surface area contributed by atoms with E-state index in [1.165, 1.54) is 5.56 Å². The average Bonchev–Trinajstić information content (AvgIpc) is 2.66. The van der Waals surface area contributed by atoms with Gasteiger partial charge in [-0.05, 0) is 25.5 Å². The van der Waals surface area contributed by atoms with Crippen LogP contribution in [-0.4, -0.2) is 74.6 Å². The van der Waals surface area contributed by atoms with Crippen LogP contribution in [0.3, 0.4) is 0 Å². The van der Waals surface area contributed by atoms with Crippen LogP contribution in [0.5, 0.6) is 5.75 Å². The lowest BCUT2D eigenvalue weighted by molar-refractivity contribution is -0.130. The van der Waals surface area contributed by atoms with Crippen molar-refractivity contribution in [1.82, 2.24) is 20.4 Å². The second-order valence-corrected chi connectivity index (χ2v) is 6.74. The lowest BCUT2D eigenvalue weighted by Crippen LogP contribution is -2.50. The van der Waals surface area contributed by atoms with Gasteiger partial charge in [0.2, 0.25) is 5.91 Å². The van der Waals surface area contributed by atoms with Crippen molar-refractivity contribution >= 4 is 35.8 Å². The van der Waals surface area contributed by atoms with Crippen LogP contribution < -0.4 is 15.4 Å². The summed E-state index contributed by atoms with van der Waals surface area (Å²) in [5.41, 5.74) is 2.31. The minimum absolute atomic E-state index is 0. The Bertz CT molecular complexity index is 645. The van der Waals surface area contributed by atoms with Crippen molar-refractivity contribution in [1.29, 1.82) is 0 Å². The monoisotopic (exact) mass is 503 g/mol. The topological polar surface area (TPSA) is 69.2 Å². The zero-order valence-electron chi connectivity index (χ0n) is 17.5. The first-order valence-electron chi connectivity index (χ1n) is 9.68. The standard InChI is InChI=1S/C20H33N5O2.HI/c1-5-27-19-14-16(2)6-7-18(19)15-23-20(21-4)22-8-9-24-10-12-25(13-11-24)17(3)26;/h6-7,14H,5,8-13,15H2,1-4H3,(H2,21,22,23);1H. The number of nitrogens with zero attached hydrogens (tertiary/aromatic N) is 3. The van der Waals surface area contributed by atoms with Crippen molar-refractivity contribution in [3.63, 3.8) is 0 Å². The number of rotatable bonds is 7. The minimum Gasteiger partial charge on any atom is -0.494 e. The third-order valence-electron chi connectivity index (χ3n) is 4.73. The summed E-state index contributed by atoms with van der Waals surface area (Å²) in [6, 6.07) is 6.25. The SMILES string of the molecule is CCOc1cc(C)ccc1CNC(=NC)NCCN1CCN(C(C)=O)CC1.I. The Hall–Kier alpha value is -1.55. The lowest BCUT2D eigenvalue weighted by atomic mass is 10.1. The predicted molar refractivity (Wildman–Crippen MR) is 125 cm³/mol. The van der Waals surface area contributed by atoms with Gasteiger partial charge in [0.05, 0.1) is 6.61 Å². The molecule has 2 N–H and O–H groups in total. The molecule has 0 atom stereocenters. The minimum atomic E-state index is 0. The normalized spacial score (nSPS) is 15.0. The van der Waals surface area contributed by atoms with E-state index in [0.717, 1.165) is 56.5 Å². The number of carbonyl (C=O) groups is 1. The van der Waals surface area contributed by atoms with Crippen molar-refractivity contribution in [2.45, 2.75) is 27.3 Å². The summed E-state index contributed by atoms with van der Waals surface area (Å²) < 4.78 is 5.73. The van der Waals surface area contributed by atoms with Crippen LogP contribution in [0.4, 0.5) is 0 Å². The van der Waals surface area contributed by atoms with Gasteiger partial charge in [-0.25, -0.2) is 0 Å². The fourth-order valence-corrected chi connectivity index (χ4v) is 3.12. The number of hydrogen-bond donors (Lipinski definition) is 2. The molecule has 2 rings (SSSR count). The number of amides is 1. The molecule has 7 nitrogen and oxygen atoms in total. The summed E-state index contributed by atoms with van der Waals surface area (Å²) in [5.74, 6) is 1.86. The van der Waals surface area contributed by atoms with Crippen LogP contribution in [0.1, 0.15) is 25.0 Å². The van der Waals surface area contributed by atoms with Gasteiger partial charge >= 0.3 is 0 Å². The third-order valence-corrected chi connectivity index (χ3v) is 4.73. The molecule has 0 saturated carbocycles. The van der Waals surface area contributed by atoms with E-state index in [9.17, 15) is 4.79 Å². The van der Waals surface area contributed by atoms with E-state index in [2.05, 4.69) is 45.6 Å². The summed E-state index contributed by atoms with van der Waals surface area (Å²) in [6.07, 6.45) is 0. The number of benzene rings is 1. The highest BCUT2D eigenvalue weighted by molar-refractivity contribution is 14.0. The molecule has 1 aliphatic heterocycles. The first-order chi connectivity index (χ1) is 13.0. The molecule has 1 amide bonds. The van der Waals surface area contributed by atoms with Crippen LogP contribution >= 0.6 is 24.0 Å². The third kappa shape index (κ3) is 7.83. The first kappa shape index (κ1) is 24.5. The zero-order valence-corrected chi connectivity index (χ0v) is 19.8. The Morgan fingerprint density at radius 2 is 1.93 bits per heavy atom. The van der Waals surface area contributed by atoms with Crippen LogP contribution in [0.15, 0.2) is 23.2 Å². The molecule has 0 aromatic heterocycles.